The maximum Gasteiger partial charge on any atom is 0.220 e. The lowest BCUT2D eigenvalue weighted by atomic mass is 10.1. The van der Waals surface area contributed by atoms with Crippen LogP contribution in [0.1, 0.15) is 30.5 Å². The number of benzene rings is 2. The highest BCUT2D eigenvalue weighted by molar-refractivity contribution is 9.10. The zero-order valence-electron chi connectivity index (χ0n) is 13.6. The maximum absolute atomic E-state index is 12.1. The third kappa shape index (κ3) is 5.46. The molecule has 0 fully saturated rings. The molecular weight excluding hydrogens is 390 g/mol. The molecule has 6 heteroatoms. The van der Waals surface area contributed by atoms with Gasteiger partial charge in [0.15, 0.2) is 9.84 Å². The summed E-state index contributed by atoms with van der Waals surface area (Å²) >= 11 is 3.42. The van der Waals surface area contributed by atoms with E-state index in [0.717, 1.165) is 15.6 Å². The Balaban J connectivity index is 1.91. The summed E-state index contributed by atoms with van der Waals surface area (Å²) < 4.78 is 23.9. The first-order chi connectivity index (χ1) is 11.3. The van der Waals surface area contributed by atoms with Gasteiger partial charge >= 0.3 is 0 Å². The minimum atomic E-state index is -3.20. The van der Waals surface area contributed by atoms with E-state index in [-0.39, 0.29) is 16.8 Å². The fourth-order valence-corrected chi connectivity index (χ4v) is 3.43. The van der Waals surface area contributed by atoms with Crippen LogP contribution in [0.2, 0.25) is 0 Å². The van der Waals surface area contributed by atoms with Crippen LogP contribution < -0.4 is 5.32 Å². The number of rotatable bonds is 6. The van der Waals surface area contributed by atoms with Crippen molar-refractivity contribution in [3.63, 3.8) is 0 Å². The highest BCUT2D eigenvalue weighted by Gasteiger charge is 2.12. The quantitative estimate of drug-likeness (QED) is 0.791. The van der Waals surface area contributed by atoms with E-state index in [1.807, 2.05) is 31.2 Å². The highest BCUT2D eigenvalue weighted by Crippen LogP contribution is 2.17. The van der Waals surface area contributed by atoms with Crippen LogP contribution in [-0.4, -0.2) is 20.6 Å². The van der Waals surface area contributed by atoms with Crippen LogP contribution in [-0.2, 0) is 21.1 Å². The van der Waals surface area contributed by atoms with E-state index in [0.29, 0.717) is 12.8 Å². The third-order valence-corrected chi connectivity index (χ3v) is 5.34. The van der Waals surface area contributed by atoms with Gasteiger partial charge in [0.25, 0.3) is 0 Å². The lowest BCUT2D eigenvalue weighted by molar-refractivity contribution is -0.121. The van der Waals surface area contributed by atoms with Gasteiger partial charge in [0.1, 0.15) is 0 Å². The molecule has 128 valence electrons. The van der Waals surface area contributed by atoms with Gasteiger partial charge in [-0.05, 0) is 48.7 Å². The molecule has 1 atom stereocenters. The van der Waals surface area contributed by atoms with E-state index < -0.39 is 9.84 Å². The largest absolute Gasteiger partial charge is 0.350 e. The van der Waals surface area contributed by atoms with Crippen LogP contribution in [0.25, 0.3) is 0 Å². The van der Waals surface area contributed by atoms with Crippen molar-refractivity contribution in [3.8, 4) is 0 Å². The van der Waals surface area contributed by atoms with Gasteiger partial charge in [-0.25, -0.2) is 8.42 Å². The minimum absolute atomic E-state index is 0.0327. The van der Waals surface area contributed by atoms with Gasteiger partial charge in [0, 0.05) is 17.1 Å². The Labute approximate surface area is 151 Å². The van der Waals surface area contributed by atoms with Gasteiger partial charge in [-0.15, -0.1) is 0 Å². The highest BCUT2D eigenvalue weighted by atomic mass is 79.9. The lowest BCUT2D eigenvalue weighted by Crippen LogP contribution is -2.26. The summed E-state index contributed by atoms with van der Waals surface area (Å²) in [6.07, 6.45) is 2.25. The summed E-state index contributed by atoms with van der Waals surface area (Å²) in [5.74, 6) is -0.0327. The molecule has 0 spiro atoms. The first kappa shape index (κ1) is 18.7. The fourth-order valence-electron chi connectivity index (χ4n) is 2.35. The van der Waals surface area contributed by atoms with Crippen molar-refractivity contribution in [2.45, 2.75) is 30.7 Å². The summed E-state index contributed by atoms with van der Waals surface area (Å²) in [5, 5.41) is 2.94. The lowest BCUT2D eigenvalue weighted by Gasteiger charge is -2.15. The molecule has 0 aromatic heterocycles. The van der Waals surface area contributed by atoms with Crippen LogP contribution in [0, 0.1) is 0 Å². The Morgan fingerprint density at radius 3 is 2.42 bits per heavy atom. The number of aryl methyl sites for hydroxylation is 1. The number of hydrogen-bond donors (Lipinski definition) is 1. The van der Waals surface area contributed by atoms with Gasteiger partial charge in [0.05, 0.1) is 10.9 Å². The van der Waals surface area contributed by atoms with Gasteiger partial charge in [0.2, 0.25) is 5.91 Å². The maximum atomic E-state index is 12.1. The van der Waals surface area contributed by atoms with Crippen molar-refractivity contribution in [1.82, 2.24) is 5.32 Å². The normalized spacial score (nSPS) is 12.6. The summed E-state index contributed by atoms with van der Waals surface area (Å²) in [4.78, 5) is 12.4. The van der Waals surface area contributed by atoms with Crippen molar-refractivity contribution in [3.05, 3.63) is 64.1 Å². The van der Waals surface area contributed by atoms with Crippen molar-refractivity contribution >= 4 is 31.7 Å². The number of halogens is 1. The standard InChI is InChI=1S/C18H20BrNO3S/c1-13(15-7-9-17(10-8-15)24(2,22)23)20-18(21)11-6-14-4-3-5-16(19)12-14/h3-5,7-10,12-13H,6,11H2,1-2H3,(H,20,21). The molecule has 0 heterocycles. The molecule has 2 aromatic rings. The molecule has 0 aliphatic rings. The third-order valence-electron chi connectivity index (χ3n) is 3.72. The monoisotopic (exact) mass is 409 g/mol. The summed E-state index contributed by atoms with van der Waals surface area (Å²) in [6, 6.07) is 14.3. The van der Waals surface area contributed by atoms with Gasteiger partial charge in [-0.2, -0.15) is 0 Å². The van der Waals surface area contributed by atoms with E-state index >= 15 is 0 Å². The van der Waals surface area contributed by atoms with E-state index in [1.165, 1.54) is 6.26 Å². The number of hydrogen-bond acceptors (Lipinski definition) is 3. The topological polar surface area (TPSA) is 63.2 Å². The molecule has 4 nitrogen and oxygen atoms in total. The van der Waals surface area contributed by atoms with Gasteiger partial charge in [-0.3, -0.25) is 4.79 Å². The molecule has 0 radical (unpaired) electrons. The van der Waals surface area contributed by atoms with Gasteiger partial charge < -0.3 is 5.32 Å². The predicted molar refractivity (Wildman–Crippen MR) is 98.6 cm³/mol. The number of carbonyl (C=O) groups excluding carboxylic acids is 1. The average Bonchev–Trinajstić information content (AvgIpc) is 2.52. The molecular formula is C18H20BrNO3S. The molecule has 0 aliphatic carbocycles. The summed E-state index contributed by atoms with van der Waals surface area (Å²) in [6.45, 7) is 1.88. The number of nitrogens with one attached hydrogen (secondary N) is 1. The minimum Gasteiger partial charge on any atom is -0.350 e. The molecule has 0 bridgehead atoms. The fraction of sp³-hybridized carbons (Fsp3) is 0.278. The Hall–Kier alpha value is -1.66. The van der Waals surface area contributed by atoms with Crippen LogP contribution in [0.15, 0.2) is 57.9 Å². The number of sulfone groups is 1. The Kier molecular flexibility index (Phi) is 6.18. The van der Waals surface area contributed by atoms with Crippen LogP contribution in [0.3, 0.4) is 0 Å². The molecule has 0 saturated carbocycles. The Morgan fingerprint density at radius 2 is 1.83 bits per heavy atom. The van der Waals surface area contributed by atoms with Crippen LogP contribution >= 0.6 is 15.9 Å². The average molecular weight is 410 g/mol. The smallest absolute Gasteiger partial charge is 0.220 e. The Bertz CT molecular complexity index is 816. The molecule has 2 aromatic carbocycles. The van der Waals surface area contributed by atoms with Gasteiger partial charge in [-0.1, -0.05) is 40.2 Å². The van der Waals surface area contributed by atoms with E-state index in [9.17, 15) is 13.2 Å². The van der Waals surface area contributed by atoms with Crippen molar-refractivity contribution in [2.24, 2.45) is 0 Å². The molecule has 24 heavy (non-hydrogen) atoms. The Morgan fingerprint density at radius 1 is 1.17 bits per heavy atom. The first-order valence-corrected chi connectivity index (χ1v) is 10.3. The van der Waals surface area contributed by atoms with E-state index in [4.69, 9.17) is 0 Å². The molecule has 0 aliphatic heterocycles. The van der Waals surface area contributed by atoms with E-state index in [1.54, 1.807) is 24.3 Å². The predicted octanol–water partition coefficient (Wildman–Crippen LogP) is 3.66. The van der Waals surface area contributed by atoms with Crippen molar-refractivity contribution in [1.29, 1.82) is 0 Å². The second-order valence-electron chi connectivity index (χ2n) is 5.76. The van der Waals surface area contributed by atoms with Crippen LogP contribution in [0.5, 0.6) is 0 Å². The van der Waals surface area contributed by atoms with Crippen molar-refractivity contribution < 1.29 is 13.2 Å². The SMILES string of the molecule is CC(NC(=O)CCc1cccc(Br)c1)c1ccc(S(C)(=O)=O)cc1. The molecule has 1 amide bonds. The molecule has 2 rings (SSSR count). The second-order valence-corrected chi connectivity index (χ2v) is 8.69. The zero-order valence-corrected chi connectivity index (χ0v) is 16.0. The first-order valence-electron chi connectivity index (χ1n) is 7.59. The number of amides is 1. The molecule has 1 unspecified atom stereocenters. The van der Waals surface area contributed by atoms with Crippen molar-refractivity contribution in [2.75, 3.05) is 6.26 Å². The molecule has 1 N–H and O–H groups in total. The summed E-state index contributed by atoms with van der Waals surface area (Å²) in [7, 11) is -3.20. The zero-order chi connectivity index (χ0) is 17.7. The molecule has 0 saturated heterocycles. The summed E-state index contributed by atoms with van der Waals surface area (Å²) in [5.41, 5.74) is 1.97. The van der Waals surface area contributed by atoms with E-state index in [2.05, 4.69) is 21.2 Å². The number of carbonyl (C=O) groups is 1. The second kappa shape index (κ2) is 7.94. The van der Waals surface area contributed by atoms with Crippen LogP contribution in [0.4, 0.5) is 0 Å².